The first-order chi connectivity index (χ1) is 7.63. The lowest BCUT2D eigenvalue weighted by Crippen LogP contribution is -2.37. The van der Waals surface area contributed by atoms with E-state index in [0.29, 0.717) is 6.04 Å². The van der Waals surface area contributed by atoms with Gasteiger partial charge >= 0.3 is 0 Å². The molecule has 92 valence electrons. The highest BCUT2D eigenvalue weighted by atomic mass is 16.5. The molecule has 0 saturated carbocycles. The normalized spacial score (nSPS) is 15.0. The van der Waals surface area contributed by atoms with Gasteiger partial charge in [0.1, 0.15) is 0 Å². The Labute approximate surface area is 98.0 Å². The Bertz CT molecular complexity index is 298. The van der Waals surface area contributed by atoms with Gasteiger partial charge < -0.3 is 10.1 Å². The van der Waals surface area contributed by atoms with E-state index in [1.807, 2.05) is 10.9 Å². The average Bonchev–Trinajstić information content (AvgIpc) is 2.69. The molecular formula is C12H23N3O. The number of aromatic nitrogens is 2. The van der Waals surface area contributed by atoms with Gasteiger partial charge in [0.15, 0.2) is 0 Å². The van der Waals surface area contributed by atoms with Gasteiger partial charge in [0, 0.05) is 25.9 Å². The lowest BCUT2D eigenvalue weighted by Gasteiger charge is -2.19. The van der Waals surface area contributed by atoms with Crippen molar-refractivity contribution >= 4 is 0 Å². The summed E-state index contributed by atoms with van der Waals surface area (Å²) in [7, 11) is 1.75. The van der Waals surface area contributed by atoms with E-state index in [-0.39, 0.29) is 6.10 Å². The average molecular weight is 225 g/mol. The summed E-state index contributed by atoms with van der Waals surface area (Å²) < 4.78 is 7.24. The maximum Gasteiger partial charge on any atom is 0.0693 e. The molecule has 0 saturated heterocycles. The van der Waals surface area contributed by atoms with Crippen LogP contribution in [0.5, 0.6) is 0 Å². The molecule has 0 spiro atoms. The molecule has 0 fully saturated rings. The molecule has 0 bridgehead atoms. The molecule has 1 N–H and O–H groups in total. The van der Waals surface area contributed by atoms with Crippen LogP contribution in [0.2, 0.25) is 0 Å². The topological polar surface area (TPSA) is 39.1 Å². The highest BCUT2D eigenvalue weighted by Gasteiger charge is 2.09. The fourth-order valence-electron chi connectivity index (χ4n) is 1.53. The minimum atomic E-state index is 0.256. The van der Waals surface area contributed by atoms with Gasteiger partial charge in [-0.25, -0.2) is 0 Å². The smallest absolute Gasteiger partial charge is 0.0693 e. The number of ether oxygens (including phenoxy) is 1. The highest BCUT2D eigenvalue weighted by molar-refractivity contribution is 4.99. The van der Waals surface area contributed by atoms with Gasteiger partial charge in [0.2, 0.25) is 0 Å². The van der Waals surface area contributed by atoms with Gasteiger partial charge in [-0.05, 0) is 39.3 Å². The first-order valence-electron chi connectivity index (χ1n) is 5.88. The summed E-state index contributed by atoms with van der Waals surface area (Å²) in [5.74, 6) is 0. The molecule has 0 aliphatic heterocycles. The molecule has 1 aromatic rings. The monoisotopic (exact) mass is 225 g/mol. The molecule has 0 radical (unpaired) electrons. The zero-order chi connectivity index (χ0) is 12.0. The largest absolute Gasteiger partial charge is 0.380 e. The summed E-state index contributed by atoms with van der Waals surface area (Å²) in [6.45, 7) is 8.24. The van der Waals surface area contributed by atoms with Gasteiger partial charge in [-0.1, -0.05) is 0 Å². The van der Waals surface area contributed by atoms with Crippen molar-refractivity contribution in [2.45, 2.75) is 45.9 Å². The second-order valence-corrected chi connectivity index (χ2v) is 4.32. The van der Waals surface area contributed by atoms with Gasteiger partial charge in [-0.15, -0.1) is 0 Å². The summed E-state index contributed by atoms with van der Waals surface area (Å²) in [5, 5.41) is 7.69. The Morgan fingerprint density at radius 2 is 2.25 bits per heavy atom. The van der Waals surface area contributed by atoms with Crippen molar-refractivity contribution in [1.82, 2.24) is 15.1 Å². The third-order valence-electron chi connectivity index (χ3n) is 2.87. The van der Waals surface area contributed by atoms with Crippen LogP contribution in [0, 0.1) is 6.92 Å². The number of nitrogens with one attached hydrogen (secondary N) is 1. The van der Waals surface area contributed by atoms with Crippen molar-refractivity contribution in [3.05, 3.63) is 18.0 Å². The maximum absolute atomic E-state index is 5.25. The first-order valence-corrected chi connectivity index (χ1v) is 5.88. The molecule has 0 aliphatic carbocycles. The summed E-state index contributed by atoms with van der Waals surface area (Å²) in [4.78, 5) is 0. The molecule has 4 heteroatoms. The molecule has 1 heterocycles. The second kappa shape index (κ2) is 6.66. The van der Waals surface area contributed by atoms with Crippen LogP contribution >= 0.6 is 0 Å². The van der Waals surface area contributed by atoms with Gasteiger partial charge in [-0.2, -0.15) is 5.10 Å². The molecular weight excluding hydrogens is 202 g/mol. The zero-order valence-corrected chi connectivity index (χ0v) is 10.7. The van der Waals surface area contributed by atoms with Crippen LogP contribution in [0.15, 0.2) is 12.4 Å². The first kappa shape index (κ1) is 13.2. The summed E-state index contributed by atoms with van der Waals surface area (Å²) in [6, 6.07) is 0.393. The maximum atomic E-state index is 5.25. The zero-order valence-electron chi connectivity index (χ0n) is 10.7. The van der Waals surface area contributed by atoms with Crippen molar-refractivity contribution in [1.29, 1.82) is 0 Å². The Morgan fingerprint density at radius 3 is 2.81 bits per heavy atom. The molecule has 2 atom stereocenters. The predicted molar refractivity (Wildman–Crippen MR) is 65.5 cm³/mol. The van der Waals surface area contributed by atoms with Gasteiger partial charge in [0.05, 0.1) is 12.3 Å². The number of nitrogens with zero attached hydrogens (tertiary/aromatic N) is 2. The third kappa shape index (κ3) is 4.33. The molecule has 1 aromatic heterocycles. The van der Waals surface area contributed by atoms with Crippen LogP contribution in [0.1, 0.15) is 25.8 Å². The van der Waals surface area contributed by atoms with E-state index < -0.39 is 0 Å². The lowest BCUT2D eigenvalue weighted by atomic mass is 10.2. The summed E-state index contributed by atoms with van der Waals surface area (Å²) >= 11 is 0. The van der Waals surface area contributed by atoms with Crippen LogP contribution < -0.4 is 5.32 Å². The van der Waals surface area contributed by atoms with E-state index >= 15 is 0 Å². The number of hydrogen-bond donors (Lipinski definition) is 1. The van der Waals surface area contributed by atoms with E-state index in [0.717, 1.165) is 19.5 Å². The summed E-state index contributed by atoms with van der Waals surface area (Å²) in [6.07, 6.45) is 5.30. The van der Waals surface area contributed by atoms with Crippen LogP contribution in [0.25, 0.3) is 0 Å². The molecule has 2 unspecified atom stereocenters. The molecule has 0 aliphatic rings. The van der Waals surface area contributed by atoms with Crippen molar-refractivity contribution in [2.24, 2.45) is 0 Å². The minimum absolute atomic E-state index is 0.256. The van der Waals surface area contributed by atoms with Crippen LogP contribution in [0.3, 0.4) is 0 Å². The fourth-order valence-corrected chi connectivity index (χ4v) is 1.53. The van der Waals surface area contributed by atoms with E-state index in [1.54, 1.807) is 7.11 Å². The molecule has 0 aromatic carbocycles. The standard InChI is InChI=1S/C12H23N3O/c1-10-8-14-15(9-10)7-5-6-13-11(2)12(3)16-4/h8-9,11-13H,5-7H2,1-4H3. The molecule has 16 heavy (non-hydrogen) atoms. The third-order valence-corrected chi connectivity index (χ3v) is 2.87. The van der Waals surface area contributed by atoms with Crippen LogP contribution in [-0.2, 0) is 11.3 Å². The Hall–Kier alpha value is -0.870. The van der Waals surface area contributed by atoms with Crippen molar-refractivity contribution in [2.75, 3.05) is 13.7 Å². The second-order valence-electron chi connectivity index (χ2n) is 4.32. The minimum Gasteiger partial charge on any atom is -0.380 e. The Kier molecular flexibility index (Phi) is 5.49. The lowest BCUT2D eigenvalue weighted by molar-refractivity contribution is 0.0886. The van der Waals surface area contributed by atoms with Gasteiger partial charge in [-0.3, -0.25) is 4.68 Å². The number of methoxy groups -OCH3 is 1. The van der Waals surface area contributed by atoms with E-state index in [1.165, 1.54) is 5.56 Å². The number of aryl methyl sites for hydroxylation is 2. The van der Waals surface area contributed by atoms with Crippen LogP contribution in [0.4, 0.5) is 0 Å². The Morgan fingerprint density at radius 1 is 1.50 bits per heavy atom. The van der Waals surface area contributed by atoms with Gasteiger partial charge in [0.25, 0.3) is 0 Å². The molecule has 0 amide bonds. The Balaban J connectivity index is 2.12. The van der Waals surface area contributed by atoms with E-state index in [2.05, 4.69) is 37.4 Å². The number of hydrogen-bond acceptors (Lipinski definition) is 3. The van der Waals surface area contributed by atoms with Crippen molar-refractivity contribution < 1.29 is 4.74 Å². The molecule has 1 rings (SSSR count). The summed E-state index contributed by atoms with van der Waals surface area (Å²) in [5.41, 5.74) is 1.22. The predicted octanol–water partition coefficient (Wildman–Crippen LogP) is 1.59. The quantitative estimate of drug-likeness (QED) is 0.716. The van der Waals surface area contributed by atoms with E-state index in [4.69, 9.17) is 4.74 Å². The van der Waals surface area contributed by atoms with Crippen molar-refractivity contribution in [3.8, 4) is 0 Å². The van der Waals surface area contributed by atoms with Crippen molar-refractivity contribution in [3.63, 3.8) is 0 Å². The fraction of sp³-hybridized carbons (Fsp3) is 0.750. The van der Waals surface area contributed by atoms with E-state index in [9.17, 15) is 0 Å². The number of rotatable bonds is 7. The SMILES string of the molecule is COC(C)C(C)NCCCn1cc(C)cn1. The highest BCUT2D eigenvalue weighted by Crippen LogP contribution is 1.98. The van der Waals surface area contributed by atoms with Crippen LogP contribution in [-0.4, -0.2) is 35.6 Å². The molecule has 4 nitrogen and oxygen atoms in total.